The molecule has 13 heavy (non-hydrogen) atoms. The number of hydrogen-bond acceptors (Lipinski definition) is 2. The van der Waals surface area contributed by atoms with E-state index in [1.54, 1.807) is 0 Å². The van der Waals surface area contributed by atoms with E-state index in [2.05, 4.69) is 45.0 Å². The molecule has 0 aromatic heterocycles. The van der Waals surface area contributed by atoms with Gasteiger partial charge in [-0.05, 0) is 45.9 Å². The first-order chi connectivity index (χ1) is 6.13. The lowest BCUT2D eigenvalue weighted by Gasteiger charge is -2.28. The molecule has 2 nitrogen and oxygen atoms in total. The maximum absolute atomic E-state index is 3.47. The van der Waals surface area contributed by atoms with Gasteiger partial charge in [0, 0.05) is 6.04 Å². The Morgan fingerprint density at radius 1 is 1.23 bits per heavy atom. The molecule has 2 atom stereocenters. The van der Waals surface area contributed by atoms with Crippen molar-refractivity contribution in [3.8, 4) is 0 Å². The third-order valence-electron chi connectivity index (χ3n) is 2.91. The summed E-state index contributed by atoms with van der Waals surface area (Å²) in [6.45, 7) is 12.5. The third-order valence-corrected chi connectivity index (χ3v) is 2.91. The normalized spacial score (nSPS) is 16.2. The van der Waals surface area contributed by atoms with Gasteiger partial charge in [0.25, 0.3) is 0 Å². The van der Waals surface area contributed by atoms with Gasteiger partial charge in [-0.25, -0.2) is 0 Å². The van der Waals surface area contributed by atoms with Gasteiger partial charge in [0.2, 0.25) is 0 Å². The summed E-state index contributed by atoms with van der Waals surface area (Å²) in [6, 6.07) is 0.675. The van der Waals surface area contributed by atoms with E-state index in [0.29, 0.717) is 6.04 Å². The zero-order valence-electron chi connectivity index (χ0n) is 9.93. The van der Waals surface area contributed by atoms with Crippen LogP contribution in [0, 0.1) is 5.92 Å². The van der Waals surface area contributed by atoms with E-state index in [1.165, 1.54) is 6.42 Å². The molecule has 0 aromatic rings. The lowest BCUT2D eigenvalue weighted by molar-refractivity contribution is 0.205. The molecule has 0 heterocycles. The Bertz CT molecular complexity index is 115. The minimum atomic E-state index is 0.675. The molecule has 0 saturated heterocycles. The summed E-state index contributed by atoms with van der Waals surface area (Å²) >= 11 is 0. The Morgan fingerprint density at radius 3 is 2.31 bits per heavy atom. The Hall–Kier alpha value is -0.0800. The van der Waals surface area contributed by atoms with Gasteiger partial charge < -0.3 is 10.2 Å². The molecule has 0 radical (unpaired) electrons. The monoisotopic (exact) mass is 186 g/mol. The largest absolute Gasteiger partial charge is 0.316 e. The first kappa shape index (κ1) is 12.9. The maximum Gasteiger partial charge on any atom is 0.0101 e. The van der Waals surface area contributed by atoms with Gasteiger partial charge >= 0.3 is 0 Å². The van der Waals surface area contributed by atoms with E-state index in [1.807, 2.05) is 0 Å². The molecule has 0 spiro atoms. The van der Waals surface area contributed by atoms with Crippen LogP contribution in [0.1, 0.15) is 34.1 Å². The Morgan fingerprint density at radius 2 is 1.85 bits per heavy atom. The molecule has 0 fully saturated rings. The minimum absolute atomic E-state index is 0.675. The Kier molecular flexibility index (Phi) is 7.29. The van der Waals surface area contributed by atoms with Crippen LogP contribution in [0.5, 0.6) is 0 Å². The van der Waals surface area contributed by atoms with E-state index in [4.69, 9.17) is 0 Å². The first-order valence-corrected chi connectivity index (χ1v) is 5.54. The number of hydrogen-bond donors (Lipinski definition) is 1. The maximum atomic E-state index is 3.47. The fraction of sp³-hybridized carbons (Fsp3) is 1.00. The second kappa shape index (κ2) is 7.34. The molecule has 0 amide bonds. The first-order valence-electron chi connectivity index (χ1n) is 5.54. The van der Waals surface area contributed by atoms with Crippen LogP contribution in [0.25, 0.3) is 0 Å². The van der Waals surface area contributed by atoms with Crippen molar-refractivity contribution < 1.29 is 0 Å². The summed E-state index contributed by atoms with van der Waals surface area (Å²) in [6.07, 6.45) is 1.23. The zero-order valence-corrected chi connectivity index (χ0v) is 9.93. The fourth-order valence-corrected chi connectivity index (χ4v) is 1.40. The van der Waals surface area contributed by atoms with Crippen molar-refractivity contribution in [2.75, 3.05) is 26.7 Å². The van der Waals surface area contributed by atoms with Crippen molar-refractivity contribution >= 4 is 0 Å². The fourth-order valence-electron chi connectivity index (χ4n) is 1.40. The van der Waals surface area contributed by atoms with Gasteiger partial charge in [-0.1, -0.05) is 20.8 Å². The Balaban J connectivity index is 3.62. The standard InChI is InChI=1S/C11H26N2/c1-6-8-12-9-10(3)11(4)13(5)7-2/h10-12H,6-9H2,1-5H3. The minimum Gasteiger partial charge on any atom is -0.316 e. The predicted molar refractivity (Wildman–Crippen MR) is 60.1 cm³/mol. The molecule has 0 aromatic carbocycles. The number of rotatable bonds is 7. The predicted octanol–water partition coefficient (Wildman–Crippen LogP) is 1.96. The zero-order chi connectivity index (χ0) is 10.3. The topological polar surface area (TPSA) is 15.3 Å². The highest BCUT2D eigenvalue weighted by atomic mass is 15.1. The summed E-state index contributed by atoms with van der Waals surface area (Å²) in [5, 5.41) is 3.47. The van der Waals surface area contributed by atoms with Crippen molar-refractivity contribution in [1.29, 1.82) is 0 Å². The van der Waals surface area contributed by atoms with Crippen LogP contribution in [-0.2, 0) is 0 Å². The van der Waals surface area contributed by atoms with E-state index >= 15 is 0 Å². The molecule has 0 rings (SSSR count). The van der Waals surface area contributed by atoms with Crippen molar-refractivity contribution in [2.45, 2.75) is 40.2 Å². The summed E-state index contributed by atoms with van der Waals surface area (Å²) in [7, 11) is 2.20. The van der Waals surface area contributed by atoms with Crippen LogP contribution < -0.4 is 5.32 Å². The van der Waals surface area contributed by atoms with Gasteiger partial charge in [0.15, 0.2) is 0 Å². The average molecular weight is 186 g/mol. The molecule has 0 aliphatic carbocycles. The van der Waals surface area contributed by atoms with Crippen LogP contribution >= 0.6 is 0 Å². The molecule has 0 bridgehead atoms. The van der Waals surface area contributed by atoms with Crippen molar-refractivity contribution in [3.05, 3.63) is 0 Å². The smallest absolute Gasteiger partial charge is 0.0101 e. The van der Waals surface area contributed by atoms with Gasteiger partial charge in [0.1, 0.15) is 0 Å². The summed E-state index contributed by atoms with van der Waals surface area (Å²) in [5.74, 6) is 0.733. The quantitative estimate of drug-likeness (QED) is 0.612. The summed E-state index contributed by atoms with van der Waals surface area (Å²) in [5.41, 5.74) is 0. The summed E-state index contributed by atoms with van der Waals surface area (Å²) in [4.78, 5) is 2.40. The molecule has 2 heteroatoms. The van der Waals surface area contributed by atoms with Crippen LogP contribution in [0.2, 0.25) is 0 Å². The van der Waals surface area contributed by atoms with Crippen molar-refractivity contribution in [1.82, 2.24) is 10.2 Å². The SMILES string of the molecule is CCCNCC(C)C(C)N(C)CC. The second-order valence-electron chi connectivity index (χ2n) is 4.00. The highest BCUT2D eigenvalue weighted by Crippen LogP contribution is 2.07. The number of nitrogens with one attached hydrogen (secondary N) is 1. The molecule has 2 unspecified atom stereocenters. The molecular formula is C11H26N2. The lowest BCUT2D eigenvalue weighted by atomic mass is 10.0. The highest BCUT2D eigenvalue weighted by Gasteiger charge is 2.14. The van der Waals surface area contributed by atoms with Gasteiger partial charge in [-0.15, -0.1) is 0 Å². The molecule has 0 aliphatic rings. The van der Waals surface area contributed by atoms with E-state index in [0.717, 1.165) is 25.6 Å². The van der Waals surface area contributed by atoms with Crippen LogP contribution in [0.3, 0.4) is 0 Å². The molecule has 80 valence electrons. The van der Waals surface area contributed by atoms with Gasteiger partial charge in [-0.3, -0.25) is 0 Å². The summed E-state index contributed by atoms with van der Waals surface area (Å²) < 4.78 is 0. The second-order valence-corrected chi connectivity index (χ2v) is 4.00. The van der Waals surface area contributed by atoms with E-state index < -0.39 is 0 Å². The Labute approximate surface area is 83.7 Å². The van der Waals surface area contributed by atoms with Crippen LogP contribution in [0.4, 0.5) is 0 Å². The third kappa shape index (κ3) is 5.27. The molecule has 0 saturated carbocycles. The number of nitrogens with zero attached hydrogens (tertiary/aromatic N) is 1. The van der Waals surface area contributed by atoms with E-state index in [-0.39, 0.29) is 0 Å². The van der Waals surface area contributed by atoms with Gasteiger partial charge in [0.05, 0.1) is 0 Å². The van der Waals surface area contributed by atoms with Crippen LogP contribution in [-0.4, -0.2) is 37.6 Å². The molecular weight excluding hydrogens is 160 g/mol. The highest BCUT2D eigenvalue weighted by molar-refractivity contribution is 4.71. The van der Waals surface area contributed by atoms with Crippen molar-refractivity contribution in [2.24, 2.45) is 5.92 Å². The van der Waals surface area contributed by atoms with Gasteiger partial charge in [-0.2, -0.15) is 0 Å². The average Bonchev–Trinajstić information content (AvgIpc) is 2.15. The molecule has 0 aliphatic heterocycles. The molecule has 1 N–H and O–H groups in total. The van der Waals surface area contributed by atoms with Crippen LogP contribution in [0.15, 0.2) is 0 Å². The van der Waals surface area contributed by atoms with Crippen molar-refractivity contribution in [3.63, 3.8) is 0 Å². The van der Waals surface area contributed by atoms with E-state index in [9.17, 15) is 0 Å². The lowest BCUT2D eigenvalue weighted by Crippen LogP contribution is -2.38.